The van der Waals surface area contributed by atoms with Gasteiger partial charge in [-0.15, -0.1) is 0 Å². The highest BCUT2D eigenvalue weighted by atomic mass is 16.5. The topological polar surface area (TPSA) is 87.7 Å². The van der Waals surface area contributed by atoms with Gasteiger partial charge in [0, 0.05) is 31.4 Å². The molecular weight excluding hydrogens is 358 g/mol. The molecule has 2 N–H and O–H groups in total. The summed E-state index contributed by atoms with van der Waals surface area (Å²) in [5, 5.41) is 5.51. The fraction of sp³-hybridized carbons (Fsp3) is 0.286. The van der Waals surface area contributed by atoms with Gasteiger partial charge in [0.25, 0.3) is 0 Å². The standard InChI is InChI=1S/C21H23N3O4/c1-3-28-20(26)17-5-4-6-18(12-17)23-21(27)22-13-15-7-8-19-16(11-15)9-10-24(19)14(2)25/h4-8,11-12H,3,9-10,13H2,1-2H3,(H2,22,23,27). The molecule has 0 atom stereocenters. The molecule has 3 amide bonds. The van der Waals surface area contributed by atoms with Gasteiger partial charge >= 0.3 is 12.0 Å². The van der Waals surface area contributed by atoms with E-state index >= 15 is 0 Å². The van der Waals surface area contributed by atoms with E-state index in [2.05, 4.69) is 10.6 Å². The van der Waals surface area contributed by atoms with Gasteiger partial charge in [0.2, 0.25) is 5.91 Å². The Labute approximate surface area is 163 Å². The largest absolute Gasteiger partial charge is 0.462 e. The molecule has 0 fully saturated rings. The van der Waals surface area contributed by atoms with Crippen LogP contribution in [0.4, 0.5) is 16.2 Å². The number of nitrogens with one attached hydrogen (secondary N) is 2. The molecule has 1 aliphatic rings. The van der Waals surface area contributed by atoms with Crippen molar-refractivity contribution < 1.29 is 19.1 Å². The van der Waals surface area contributed by atoms with E-state index in [9.17, 15) is 14.4 Å². The summed E-state index contributed by atoms with van der Waals surface area (Å²) in [5.74, 6) is -0.390. The summed E-state index contributed by atoms with van der Waals surface area (Å²) in [6.07, 6.45) is 0.815. The smallest absolute Gasteiger partial charge is 0.338 e. The minimum Gasteiger partial charge on any atom is -0.462 e. The van der Waals surface area contributed by atoms with Crippen molar-refractivity contribution in [2.24, 2.45) is 0 Å². The number of hydrogen-bond acceptors (Lipinski definition) is 4. The van der Waals surface area contributed by atoms with Crippen LogP contribution in [0, 0.1) is 0 Å². The minimum absolute atomic E-state index is 0.0362. The van der Waals surface area contributed by atoms with E-state index < -0.39 is 5.97 Å². The number of nitrogens with zero attached hydrogens (tertiary/aromatic N) is 1. The van der Waals surface area contributed by atoms with Crippen LogP contribution in [0.15, 0.2) is 42.5 Å². The Morgan fingerprint density at radius 3 is 2.71 bits per heavy atom. The molecule has 1 heterocycles. The SMILES string of the molecule is CCOC(=O)c1cccc(NC(=O)NCc2ccc3c(c2)CCN3C(C)=O)c1. The van der Waals surface area contributed by atoms with Crippen molar-refractivity contribution in [3.05, 3.63) is 59.2 Å². The van der Waals surface area contributed by atoms with Crippen molar-refractivity contribution in [1.82, 2.24) is 5.32 Å². The van der Waals surface area contributed by atoms with Gasteiger partial charge in [-0.3, -0.25) is 4.79 Å². The Morgan fingerprint density at radius 2 is 1.96 bits per heavy atom. The van der Waals surface area contributed by atoms with Crippen molar-refractivity contribution in [3.63, 3.8) is 0 Å². The van der Waals surface area contributed by atoms with Gasteiger partial charge in [-0.25, -0.2) is 9.59 Å². The van der Waals surface area contributed by atoms with Gasteiger partial charge < -0.3 is 20.3 Å². The molecule has 28 heavy (non-hydrogen) atoms. The molecule has 0 spiro atoms. The van der Waals surface area contributed by atoms with Crippen molar-refractivity contribution >= 4 is 29.3 Å². The summed E-state index contributed by atoms with van der Waals surface area (Å²) in [5.41, 5.74) is 3.90. The zero-order valence-electron chi connectivity index (χ0n) is 16.0. The van der Waals surface area contributed by atoms with Crippen LogP contribution in [-0.2, 0) is 22.5 Å². The van der Waals surface area contributed by atoms with Crippen molar-refractivity contribution in [2.75, 3.05) is 23.4 Å². The first-order valence-corrected chi connectivity index (χ1v) is 9.20. The highest BCUT2D eigenvalue weighted by Gasteiger charge is 2.22. The van der Waals surface area contributed by atoms with Gasteiger partial charge in [-0.2, -0.15) is 0 Å². The maximum absolute atomic E-state index is 12.2. The van der Waals surface area contributed by atoms with Crippen molar-refractivity contribution in [1.29, 1.82) is 0 Å². The molecule has 0 radical (unpaired) electrons. The van der Waals surface area contributed by atoms with Crippen LogP contribution in [0.2, 0.25) is 0 Å². The maximum Gasteiger partial charge on any atom is 0.338 e. The van der Waals surface area contributed by atoms with Crippen LogP contribution < -0.4 is 15.5 Å². The maximum atomic E-state index is 12.2. The second-order valence-corrected chi connectivity index (χ2v) is 6.49. The Balaban J connectivity index is 1.57. The van der Waals surface area contributed by atoms with Gasteiger partial charge in [-0.1, -0.05) is 18.2 Å². The van der Waals surface area contributed by atoms with Crippen molar-refractivity contribution in [3.8, 4) is 0 Å². The highest BCUT2D eigenvalue weighted by Crippen LogP contribution is 2.28. The Kier molecular flexibility index (Phi) is 5.93. The normalized spacial score (nSPS) is 12.3. The third-order valence-electron chi connectivity index (χ3n) is 4.50. The summed E-state index contributed by atoms with van der Waals surface area (Å²) in [4.78, 5) is 37.3. The van der Waals surface area contributed by atoms with Gasteiger partial charge in [0.1, 0.15) is 0 Å². The molecule has 3 rings (SSSR count). The fourth-order valence-electron chi connectivity index (χ4n) is 3.19. The van der Waals surface area contributed by atoms with Crippen LogP contribution in [0.1, 0.15) is 35.3 Å². The Hall–Kier alpha value is -3.35. The molecule has 1 aliphatic heterocycles. The van der Waals surface area contributed by atoms with E-state index in [-0.39, 0.29) is 11.9 Å². The lowest BCUT2D eigenvalue weighted by molar-refractivity contribution is -0.116. The van der Waals surface area contributed by atoms with Gasteiger partial charge in [-0.05, 0) is 48.7 Å². The molecular formula is C21H23N3O4. The summed E-state index contributed by atoms with van der Waals surface area (Å²) < 4.78 is 4.96. The molecule has 0 aliphatic carbocycles. The summed E-state index contributed by atoms with van der Waals surface area (Å²) >= 11 is 0. The van der Waals surface area contributed by atoms with Gasteiger partial charge in [0.15, 0.2) is 0 Å². The molecule has 2 aromatic carbocycles. The highest BCUT2D eigenvalue weighted by molar-refractivity contribution is 5.94. The Bertz CT molecular complexity index is 910. The molecule has 2 aromatic rings. The average Bonchev–Trinajstić information content (AvgIpc) is 3.10. The second kappa shape index (κ2) is 8.56. The van der Waals surface area contributed by atoms with Crippen LogP contribution in [-0.4, -0.2) is 31.1 Å². The first-order chi connectivity index (χ1) is 13.5. The van der Waals surface area contributed by atoms with E-state index in [4.69, 9.17) is 4.74 Å². The van der Waals surface area contributed by atoms with E-state index in [1.54, 1.807) is 43.0 Å². The number of esters is 1. The zero-order chi connectivity index (χ0) is 20.1. The number of anilines is 2. The van der Waals surface area contributed by atoms with Crippen LogP contribution in [0.5, 0.6) is 0 Å². The molecule has 146 valence electrons. The zero-order valence-corrected chi connectivity index (χ0v) is 16.0. The Morgan fingerprint density at radius 1 is 1.14 bits per heavy atom. The molecule has 0 unspecified atom stereocenters. The van der Waals surface area contributed by atoms with E-state index in [1.807, 2.05) is 18.2 Å². The molecule has 0 saturated heterocycles. The third-order valence-corrected chi connectivity index (χ3v) is 4.50. The number of fused-ring (bicyclic) bond motifs is 1. The molecule has 0 bridgehead atoms. The summed E-state index contributed by atoms with van der Waals surface area (Å²) in [6.45, 7) is 4.65. The number of benzene rings is 2. The molecule has 7 heteroatoms. The molecule has 0 saturated carbocycles. The second-order valence-electron chi connectivity index (χ2n) is 6.49. The average molecular weight is 381 g/mol. The first-order valence-electron chi connectivity index (χ1n) is 9.20. The number of carbonyl (C=O) groups is 3. The quantitative estimate of drug-likeness (QED) is 0.779. The number of carbonyl (C=O) groups excluding carboxylic acids is 3. The molecule has 7 nitrogen and oxygen atoms in total. The van der Waals surface area contributed by atoms with Crippen LogP contribution in [0.25, 0.3) is 0 Å². The first kappa shape index (κ1) is 19.4. The number of hydrogen-bond donors (Lipinski definition) is 2. The number of rotatable bonds is 5. The van der Waals surface area contributed by atoms with Gasteiger partial charge in [0.05, 0.1) is 12.2 Å². The van der Waals surface area contributed by atoms with E-state index in [0.29, 0.717) is 30.9 Å². The van der Waals surface area contributed by atoms with Crippen molar-refractivity contribution in [2.45, 2.75) is 26.8 Å². The number of amides is 3. The minimum atomic E-state index is -0.427. The summed E-state index contributed by atoms with van der Waals surface area (Å²) in [7, 11) is 0. The predicted molar refractivity (Wildman–Crippen MR) is 106 cm³/mol. The predicted octanol–water partition coefficient (Wildman–Crippen LogP) is 3.09. The van der Waals surface area contributed by atoms with Crippen LogP contribution in [0.3, 0.4) is 0 Å². The third kappa shape index (κ3) is 4.49. The number of urea groups is 1. The monoisotopic (exact) mass is 381 g/mol. The lowest BCUT2D eigenvalue weighted by Gasteiger charge is -2.15. The molecule has 0 aromatic heterocycles. The van der Waals surface area contributed by atoms with Crippen LogP contribution >= 0.6 is 0 Å². The lowest BCUT2D eigenvalue weighted by Crippen LogP contribution is -2.28. The van der Waals surface area contributed by atoms with E-state index in [1.165, 1.54) is 0 Å². The summed E-state index contributed by atoms with van der Waals surface area (Å²) in [6, 6.07) is 12.1. The lowest BCUT2D eigenvalue weighted by atomic mass is 10.1. The fourth-order valence-corrected chi connectivity index (χ4v) is 3.19. The number of ether oxygens (including phenoxy) is 1. The van der Waals surface area contributed by atoms with E-state index in [0.717, 1.165) is 23.2 Å².